The lowest BCUT2D eigenvalue weighted by atomic mass is 10.2. The zero-order valence-corrected chi connectivity index (χ0v) is 14.4. The van der Waals surface area contributed by atoms with E-state index in [4.69, 9.17) is 11.6 Å². The van der Waals surface area contributed by atoms with E-state index in [0.717, 1.165) is 5.56 Å². The first kappa shape index (κ1) is 15.9. The van der Waals surface area contributed by atoms with Crippen LogP contribution in [0.5, 0.6) is 0 Å². The maximum Gasteiger partial charge on any atom is 0.201 e. The summed E-state index contributed by atoms with van der Waals surface area (Å²) in [5, 5.41) is 6.77. The molecule has 0 atom stereocenters. The average molecular weight is 372 g/mol. The van der Waals surface area contributed by atoms with Gasteiger partial charge in [-0.2, -0.15) is 0 Å². The first-order chi connectivity index (χ1) is 12.2. The van der Waals surface area contributed by atoms with E-state index in [2.05, 4.69) is 20.1 Å². The third kappa shape index (κ3) is 3.29. The highest BCUT2D eigenvalue weighted by Gasteiger charge is 2.16. The zero-order chi connectivity index (χ0) is 17.2. The van der Waals surface area contributed by atoms with Gasteiger partial charge in [-0.25, -0.2) is 24.0 Å². The van der Waals surface area contributed by atoms with Gasteiger partial charge < -0.3 is 0 Å². The van der Waals surface area contributed by atoms with Crippen LogP contribution < -0.4 is 0 Å². The number of hydrogen-bond acceptors (Lipinski definition) is 5. The van der Waals surface area contributed by atoms with Crippen LogP contribution in [-0.4, -0.2) is 24.7 Å². The molecule has 8 heteroatoms. The minimum Gasteiger partial charge on any atom is -0.244 e. The van der Waals surface area contributed by atoms with Gasteiger partial charge in [0.25, 0.3) is 0 Å². The second kappa shape index (κ2) is 6.70. The van der Waals surface area contributed by atoms with Crippen LogP contribution in [0.2, 0.25) is 5.15 Å². The van der Waals surface area contributed by atoms with Gasteiger partial charge in [0, 0.05) is 22.7 Å². The highest BCUT2D eigenvalue weighted by molar-refractivity contribution is 7.07. The lowest BCUT2D eigenvalue weighted by Crippen LogP contribution is -2.06. The molecular weight excluding hydrogens is 361 g/mol. The third-order valence-electron chi connectivity index (χ3n) is 3.60. The van der Waals surface area contributed by atoms with Crippen molar-refractivity contribution in [1.82, 2.24) is 24.7 Å². The number of nitrogens with zero attached hydrogens (tertiary/aromatic N) is 5. The standard InChI is InChI=1S/C17H11ClFN5S/c18-15-6-5-11(7-20-15)17-22-16(14-9-25-10-21-14)23-24(17)8-12-3-1-2-4-13(12)19/h1-7,9-10H,8H2. The summed E-state index contributed by atoms with van der Waals surface area (Å²) in [5.41, 5.74) is 3.67. The van der Waals surface area contributed by atoms with Crippen molar-refractivity contribution in [3.8, 4) is 22.9 Å². The smallest absolute Gasteiger partial charge is 0.201 e. The van der Waals surface area contributed by atoms with Crippen molar-refractivity contribution in [2.24, 2.45) is 0 Å². The predicted molar refractivity (Wildman–Crippen MR) is 94.9 cm³/mol. The molecule has 0 radical (unpaired) electrons. The largest absolute Gasteiger partial charge is 0.244 e. The van der Waals surface area contributed by atoms with Crippen molar-refractivity contribution in [3.05, 3.63) is 70.0 Å². The maximum atomic E-state index is 14.0. The second-order valence-corrected chi connectivity index (χ2v) is 6.36. The molecule has 5 nitrogen and oxygen atoms in total. The highest BCUT2D eigenvalue weighted by Crippen LogP contribution is 2.24. The molecule has 4 rings (SSSR count). The fraction of sp³-hybridized carbons (Fsp3) is 0.0588. The summed E-state index contributed by atoms with van der Waals surface area (Å²) < 4.78 is 15.7. The normalized spacial score (nSPS) is 11.0. The van der Waals surface area contributed by atoms with Crippen LogP contribution in [0.3, 0.4) is 0 Å². The lowest BCUT2D eigenvalue weighted by Gasteiger charge is -2.07. The monoisotopic (exact) mass is 371 g/mol. The van der Waals surface area contributed by atoms with Crippen LogP contribution in [0.15, 0.2) is 53.5 Å². The fourth-order valence-electron chi connectivity index (χ4n) is 2.39. The molecule has 0 spiro atoms. The van der Waals surface area contributed by atoms with Gasteiger partial charge in [-0.05, 0) is 18.2 Å². The Labute approximate surface area is 151 Å². The van der Waals surface area contributed by atoms with Gasteiger partial charge in [-0.15, -0.1) is 16.4 Å². The number of halogens is 2. The first-order valence-corrected chi connectivity index (χ1v) is 8.71. The molecule has 124 valence electrons. The Morgan fingerprint density at radius 3 is 2.72 bits per heavy atom. The van der Waals surface area contributed by atoms with Crippen molar-refractivity contribution < 1.29 is 4.39 Å². The van der Waals surface area contributed by atoms with Crippen LogP contribution in [0.1, 0.15) is 5.56 Å². The SMILES string of the molecule is Fc1ccccc1Cn1nc(-c2cscn2)nc1-c1ccc(Cl)nc1. The second-order valence-electron chi connectivity index (χ2n) is 5.25. The summed E-state index contributed by atoms with van der Waals surface area (Å²) in [5.74, 6) is 0.784. The lowest BCUT2D eigenvalue weighted by molar-refractivity contribution is 0.587. The highest BCUT2D eigenvalue weighted by atomic mass is 35.5. The Balaban J connectivity index is 1.80. The molecule has 0 aliphatic carbocycles. The van der Waals surface area contributed by atoms with Gasteiger partial charge in [-0.1, -0.05) is 29.8 Å². The fourth-order valence-corrected chi connectivity index (χ4v) is 3.04. The van der Waals surface area contributed by atoms with Crippen molar-refractivity contribution >= 4 is 22.9 Å². The molecule has 0 saturated carbocycles. The molecule has 3 heterocycles. The predicted octanol–water partition coefficient (Wildman–Crippen LogP) is 4.30. The summed E-state index contributed by atoms with van der Waals surface area (Å²) in [4.78, 5) is 12.9. The quantitative estimate of drug-likeness (QED) is 0.502. The molecule has 25 heavy (non-hydrogen) atoms. The molecule has 0 bridgehead atoms. The Hall–Kier alpha value is -2.64. The zero-order valence-electron chi connectivity index (χ0n) is 12.8. The van der Waals surface area contributed by atoms with E-state index in [0.29, 0.717) is 28.1 Å². The van der Waals surface area contributed by atoms with Crippen LogP contribution >= 0.6 is 22.9 Å². The van der Waals surface area contributed by atoms with Crippen molar-refractivity contribution in [1.29, 1.82) is 0 Å². The van der Waals surface area contributed by atoms with Crippen molar-refractivity contribution in [2.45, 2.75) is 6.54 Å². The van der Waals surface area contributed by atoms with E-state index in [1.165, 1.54) is 17.4 Å². The topological polar surface area (TPSA) is 56.5 Å². The van der Waals surface area contributed by atoms with Crippen molar-refractivity contribution in [2.75, 3.05) is 0 Å². The number of benzene rings is 1. The Morgan fingerprint density at radius 2 is 2.00 bits per heavy atom. The maximum absolute atomic E-state index is 14.0. The minimum atomic E-state index is -0.284. The molecule has 3 aromatic heterocycles. The molecular formula is C17H11ClFN5S. The number of thiazole rings is 1. The van der Waals surface area contributed by atoms with E-state index >= 15 is 0 Å². The Morgan fingerprint density at radius 1 is 1.12 bits per heavy atom. The molecule has 0 aliphatic heterocycles. The Bertz CT molecular complexity index is 998. The molecule has 4 aromatic rings. The molecule has 0 unspecified atom stereocenters. The van der Waals surface area contributed by atoms with E-state index in [1.54, 1.807) is 40.7 Å². The van der Waals surface area contributed by atoms with Gasteiger partial charge in [0.1, 0.15) is 16.7 Å². The van der Waals surface area contributed by atoms with E-state index in [1.807, 2.05) is 11.4 Å². The minimum absolute atomic E-state index is 0.252. The van der Waals surface area contributed by atoms with E-state index in [9.17, 15) is 4.39 Å². The molecule has 0 aliphatic rings. The van der Waals surface area contributed by atoms with Crippen molar-refractivity contribution in [3.63, 3.8) is 0 Å². The number of hydrogen-bond donors (Lipinski definition) is 0. The van der Waals surface area contributed by atoms with Crippen LogP contribution in [-0.2, 0) is 6.54 Å². The average Bonchev–Trinajstić information content (AvgIpc) is 3.27. The molecule has 0 fully saturated rings. The van der Waals surface area contributed by atoms with Gasteiger partial charge >= 0.3 is 0 Å². The number of aromatic nitrogens is 5. The van der Waals surface area contributed by atoms with Gasteiger partial charge in [0.05, 0.1) is 12.1 Å². The number of rotatable bonds is 4. The van der Waals surface area contributed by atoms with Crippen LogP contribution in [0.25, 0.3) is 22.9 Å². The van der Waals surface area contributed by atoms with Gasteiger partial charge in [0.2, 0.25) is 5.82 Å². The summed E-state index contributed by atoms with van der Waals surface area (Å²) in [6.45, 7) is 0.252. The summed E-state index contributed by atoms with van der Waals surface area (Å²) >= 11 is 7.33. The third-order valence-corrected chi connectivity index (χ3v) is 4.41. The van der Waals surface area contributed by atoms with Gasteiger partial charge in [0.15, 0.2) is 5.82 Å². The first-order valence-electron chi connectivity index (χ1n) is 7.39. The molecule has 0 saturated heterocycles. The summed E-state index contributed by atoms with van der Waals surface area (Å²) in [6, 6.07) is 10.1. The molecule has 0 amide bonds. The molecule has 1 aromatic carbocycles. The molecule has 0 N–H and O–H groups in total. The van der Waals surface area contributed by atoms with Crippen LogP contribution in [0.4, 0.5) is 4.39 Å². The number of pyridine rings is 1. The Kier molecular flexibility index (Phi) is 4.25. The van der Waals surface area contributed by atoms with Gasteiger partial charge in [-0.3, -0.25) is 0 Å². The van der Waals surface area contributed by atoms with E-state index in [-0.39, 0.29) is 12.4 Å². The van der Waals surface area contributed by atoms with Crippen LogP contribution in [0, 0.1) is 5.82 Å². The summed E-state index contributed by atoms with van der Waals surface area (Å²) in [7, 11) is 0. The summed E-state index contributed by atoms with van der Waals surface area (Å²) in [6.07, 6.45) is 1.62. The van der Waals surface area contributed by atoms with E-state index < -0.39 is 0 Å².